The van der Waals surface area contributed by atoms with Crippen LogP contribution in [0.3, 0.4) is 0 Å². The maximum atomic E-state index is 6.35. The molecule has 1 aliphatic rings. The first kappa shape index (κ1) is 13.7. The Labute approximate surface area is 112 Å². The predicted octanol–water partition coefficient (Wildman–Crippen LogP) is 1.60. The summed E-state index contributed by atoms with van der Waals surface area (Å²) in [6.07, 6.45) is 1.76. The highest BCUT2D eigenvalue weighted by molar-refractivity contribution is 7.99. The molecule has 1 aromatic heterocycles. The van der Waals surface area contributed by atoms with E-state index in [2.05, 4.69) is 18.9 Å². The zero-order valence-corrected chi connectivity index (χ0v) is 11.9. The predicted molar refractivity (Wildman–Crippen MR) is 73.2 cm³/mol. The minimum absolute atomic E-state index is 0.0341. The molecule has 2 rings (SSSR count). The topological polar surface area (TPSA) is 62.3 Å². The third-order valence-electron chi connectivity index (χ3n) is 3.07. The largest absolute Gasteiger partial charge is 0.493 e. The molecule has 2 heterocycles. The van der Waals surface area contributed by atoms with Crippen LogP contribution in [-0.2, 0) is 4.74 Å². The average Bonchev–Trinajstić information content (AvgIpc) is 2.82. The third-order valence-corrected chi connectivity index (χ3v) is 4.09. The molecule has 0 saturated carbocycles. The molecule has 1 aliphatic heterocycles. The summed E-state index contributed by atoms with van der Waals surface area (Å²) in [5.41, 5.74) is 7.28. The van der Waals surface area contributed by atoms with Crippen LogP contribution in [0.15, 0.2) is 6.20 Å². The molecular weight excluding hydrogens is 250 g/mol. The van der Waals surface area contributed by atoms with Crippen LogP contribution < -0.4 is 10.5 Å². The quantitative estimate of drug-likeness (QED) is 0.901. The number of hydrogen-bond acceptors (Lipinski definition) is 5. The third kappa shape index (κ3) is 2.65. The number of aromatic nitrogens is 2. The van der Waals surface area contributed by atoms with Gasteiger partial charge in [-0.15, -0.1) is 0 Å². The molecule has 0 amide bonds. The van der Waals surface area contributed by atoms with Gasteiger partial charge >= 0.3 is 0 Å². The van der Waals surface area contributed by atoms with Gasteiger partial charge in [-0.1, -0.05) is 0 Å². The second kappa shape index (κ2) is 5.95. The van der Waals surface area contributed by atoms with E-state index in [-0.39, 0.29) is 18.2 Å². The van der Waals surface area contributed by atoms with Crippen LogP contribution in [-0.4, -0.2) is 41.1 Å². The molecule has 0 bridgehead atoms. The number of nitrogens with zero attached hydrogens (tertiary/aromatic N) is 2. The molecule has 0 aliphatic carbocycles. The Morgan fingerprint density at radius 3 is 2.94 bits per heavy atom. The summed E-state index contributed by atoms with van der Waals surface area (Å²) in [6, 6.07) is 0.0591. The highest BCUT2D eigenvalue weighted by Gasteiger charge is 2.29. The Balaban J connectivity index is 2.26. The molecule has 0 spiro atoms. The van der Waals surface area contributed by atoms with E-state index in [1.54, 1.807) is 13.3 Å². The van der Waals surface area contributed by atoms with Crippen molar-refractivity contribution >= 4 is 11.8 Å². The molecule has 0 radical (unpaired) electrons. The van der Waals surface area contributed by atoms with Crippen molar-refractivity contribution in [3.8, 4) is 5.75 Å². The first-order valence-electron chi connectivity index (χ1n) is 6.21. The lowest BCUT2D eigenvalue weighted by Crippen LogP contribution is -2.36. The van der Waals surface area contributed by atoms with Crippen molar-refractivity contribution < 1.29 is 9.47 Å². The summed E-state index contributed by atoms with van der Waals surface area (Å²) < 4.78 is 13.0. The summed E-state index contributed by atoms with van der Waals surface area (Å²) >= 11 is 1.88. The number of methoxy groups -OCH3 is 1. The molecule has 1 aromatic rings. The summed E-state index contributed by atoms with van der Waals surface area (Å²) in [5, 5.41) is 4.35. The number of ether oxygens (including phenoxy) is 2. The maximum Gasteiger partial charge on any atom is 0.161 e. The van der Waals surface area contributed by atoms with E-state index < -0.39 is 0 Å². The second-order valence-corrected chi connectivity index (χ2v) is 5.80. The van der Waals surface area contributed by atoms with Crippen LogP contribution in [0.2, 0.25) is 0 Å². The average molecular weight is 271 g/mol. The molecular formula is C12H21N3O2S. The molecule has 2 unspecified atom stereocenters. The normalized spacial score (nSPS) is 22.2. The summed E-state index contributed by atoms with van der Waals surface area (Å²) in [6.45, 7) is 4.93. The monoisotopic (exact) mass is 271 g/mol. The van der Waals surface area contributed by atoms with Crippen molar-refractivity contribution in [3.63, 3.8) is 0 Å². The zero-order valence-electron chi connectivity index (χ0n) is 11.1. The van der Waals surface area contributed by atoms with Crippen LogP contribution in [0.4, 0.5) is 0 Å². The van der Waals surface area contributed by atoms with Crippen molar-refractivity contribution in [2.24, 2.45) is 5.73 Å². The van der Waals surface area contributed by atoms with Crippen molar-refractivity contribution in [3.05, 3.63) is 11.9 Å². The van der Waals surface area contributed by atoms with Crippen molar-refractivity contribution in [1.82, 2.24) is 9.78 Å². The molecule has 2 N–H and O–H groups in total. The van der Waals surface area contributed by atoms with Crippen molar-refractivity contribution in [1.29, 1.82) is 0 Å². The lowest BCUT2D eigenvalue weighted by Gasteiger charge is -2.29. The Morgan fingerprint density at radius 1 is 1.61 bits per heavy atom. The van der Waals surface area contributed by atoms with Gasteiger partial charge in [-0.3, -0.25) is 4.68 Å². The van der Waals surface area contributed by atoms with Gasteiger partial charge in [0.05, 0.1) is 32.1 Å². The minimum Gasteiger partial charge on any atom is -0.493 e. The van der Waals surface area contributed by atoms with E-state index in [1.807, 2.05) is 16.4 Å². The number of nitrogens with two attached hydrogens (primary N) is 1. The van der Waals surface area contributed by atoms with Gasteiger partial charge in [0.25, 0.3) is 0 Å². The lowest BCUT2D eigenvalue weighted by atomic mass is 10.1. The van der Waals surface area contributed by atoms with Crippen LogP contribution in [0, 0.1) is 0 Å². The smallest absolute Gasteiger partial charge is 0.161 e. The fourth-order valence-electron chi connectivity index (χ4n) is 2.13. The zero-order chi connectivity index (χ0) is 13.1. The lowest BCUT2D eigenvalue weighted by molar-refractivity contribution is 0.0539. The molecule has 18 heavy (non-hydrogen) atoms. The van der Waals surface area contributed by atoms with Gasteiger partial charge in [0, 0.05) is 17.5 Å². The highest BCUT2D eigenvalue weighted by atomic mass is 32.2. The van der Waals surface area contributed by atoms with E-state index >= 15 is 0 Å². The molecule has 2 atom stereocenters. The Bertz CT molecular complexity index is 389. The Morgan fingerprint density at radius 2 is 2.39 bits per heavy atom. The van der Waals surface area contributed by atoms with E-state index in [0.29, 0.717) is 0 Å². The first-order chi connectivity index (χ1) is 8.65. The molecule has 5 nitrogen and oxygen atoms in total. The summed E-state index contributed by atoms with van der Waals surface area (Å²) in [7, 11) is 1.65. The van der Waals surface area contributed by atoms with Gasteiger partial charge in [0.2, 0.25) is 0 Å². The molecule has 102 valence electrons. The standard InChI is InChI=1S/C12H21N3O2S/c1-8(2)15-12(9(16-3)6-14-15)11(13)10-7-18-5-4-17-10/h6,8,10-11H,4-5,7,13H2,1-3H3. The van der Waals surface area contributed by atoms with Gasteiger partial charge < -0.3 is 15.2 Å². The second-order valence-electron chi connectivity index (χ2n) is 4.65. The SMILES string of the molecule is COc1cnn(C(C)C)c1C(N)C1CSCCO1. The van der Waals surface area contributed by atoms with Gasteiger partial charge in [-0.2, -0.15) is 16.9 Å². The Hall–Kier alpha value is -0.720. The Kier molecular flexibility index (Phi) is 4.53. The van der Waals surface area contributed by atoms with Crippen molar-refractivity contribution in [2.75, 3.05) is 25.2 Å². The van der Waals surface area contributed by atoms with Crippen LogP contribution in [0.1, 0.15) is 31.6 Å². The van der Waals surface area contributed by atoms with Gasteiger partial charge in [0.15, 0.2) is 5.75 Å². The number of rotatable bonds is 4. The minimum atomic E-state index is -0.197. The van der Waals surface area contributed by atoms with E-state index in [1.165, 1.54) is 0 Å². The number of hydrogen-bond donors (Lipinski definition) is 1. The van der Waals surface area contributed by atoms with Gasteiger partial charge in [0.1, 0.15) is 5.69 Å². The fourth-order valence-corrected chi connectivity index (χ4v) is 3.05. The first-order valence-corrected chi connectivity index (χ1v) is 7.37. The molecule has 6 heteroatoms. The number of thioether (sulfide) groups is 1. The van der Waals surface area contributed by atoms with Crippen molar-refractivity contribution in [2.45, 2.75) is 32.0 Å². The van der Waals surface area contributed by atoms with Gasteiger partial charge in [-0.05, 0) is 13.8 Å². The molecule has 1 fully saturated rings. The highest BCUT2D eigenvalue weighted by Crippen LogP contribution is 2.31. The van der Waals surface area contributed by atoms with Crippen LogP contribution >= 0.6 is 11.8 Å². The summed E-state index contributed by atoms with van der Waals surface area (Å²) in [5.74, 6) is 2.72. The van der Waals surface area contributed by atoms with Crippen LogP contribution in [0.5, 0.6) is 5.75 Å². The fraction of sp³-hybridized carbons (Fsp3) is 0.750. The maximum absolute atomic E-state index is 6.35. The summed E-state index contributed by atoms with van der Waals surface area (Å²) in [4.78, 5) is 0. The van der Waals surface area contributed by atoms with E-state index in [4.69, 9.17) is 15.2 Å². The van der Waals surface area contributed by atoms with E-state index in [0.717, 1.165) is 29.6 Å². The van der Waals surface area contributed by atoms with Gasteiger partial charge in [-0.25, -0.2) is 0 Å². The molecule has 0 aromatic carbocycles. The van der Waals surface area contributed by atoms with Crippen LogP contribution in [0.25, 0.3) is 0 Å². The van der Waals surface area contributed by atoms with E-state index in [9.17, 15) is 0 Å². The molecule has 1 saturated heterocycles.